The quantitative estimate of drug-likeness (QED) is 0.333. The molecule has 0 atom stereocenters. The lowest BCUT2D eigenvalue weighted by atomic mass is 10.1. The molecule has 1 rings (SSSR count). The van der Waals surface area contributed by atoms with Crippen LogP contribution in [0.15, 0.2) is 78.3 Å². The summed E-state index contributed by atoms with van der Waals surface area (Å²) < 4.78 is 15.4. The van der Waals surface area contributed by atoms with Gasteiger partial charge in [0.2, 0.25) is 0 Å². The summed E-state index contributed by atoms with van der Waals surface area (Å²) in [6.07, 6.45) is 6.55. The summed E-state index contributed by atoms with van der Waals surface area (Å²) in [5.74, 6) is 0.710. The summed E-state index contributed by atoms with van der Waals surface area (Å²) >= 11 is 0. The Morgan fingerprint density at radius 3 is 2.41 bits per heavy atom. The fourth-order valence-corrected chi connectivity index (χ4v) is 1.63. The van der Waals surface area contributed by atoms with E-state index in [2.05, 4.69) is 6.58 Å². The van der Waals surface area contributed by atoms with Crippen LogP contribution in [0.5, 0.6) is 5.75 Å². The van der Waals surface area contributed by atoms with E-state index in [1.54, 1.807) is 12.2 Å². The highest BCUT2D eigenvalue weighted by atomic mass is 16.5. The molecule has 22 heavy (non-hydrogen) atoms. The van der Waals surface area contributed by atoms with E-state index in [4.69, 9.17) is 14.2 Å². The van der Waals surface area contributed by atoms with E-state index in [1.807, 2.05) is 43.3 Å². The first kappa shape index (κ1) is 17.3. The molecule has 0 aliphatic rings. The SMILES string of the molecule is C=C(/C=C(\C=C/C)Oc1ccccc1)/C(=C\OC)C(=O)OC. The van der Waals surface area contributed by atoms with E-state index in [-0.39, 0.29) is 5.57 Å². The van der Waals surface area contributed by atoms with Crippen molar-refractivity contribution >= 4 is 5.97 Å². The maximum absolute atomic E-state index is 11.7. The van der Waals surface area contributed by atoms with Crippen molar-refractivity contribution in [2.75, 3.05) is 14.2 Å². The number of esters is 1. The predicted octanol–water partition coefficient (Wildman–Crippen LogP) is 3.78. The third kappa shape index (κ3) is 5.32. The minimum atomic E-state index is -0.525. The normalized spacial score (nSPS) is 12.1. The van der Waals surface area contributed by atoms with Crippen LogP contribution in [0.2, 0.25) is 0 Å². The second-order valence-corrected chi connectivity index (χ2v) is 4.25. The molecule has 0 aliphatic heterocycles. The van der Waals surface area contributed by atoms with Gasteiger partial charge in [-0.1, -0.05) is 30.9 Å². The van der Waals surface area contributed by atoms with Crippen LogP contribution in [-0.4, -0.2) is 20.2 Å². The van der Waals surface area contributed by atoms with E-state index in [9.17, 15) is 4.79 Å². The smallest absolute Gasteiger partial charge is 0.341 e. The third-order valence-corrected chi connectivity index (χ3v) is 2.61. The zero-order valence-electron chi connectivity index (χ0n) is 13.0. The molecular weight excluding hydrogens is 280 g/mol. The predicted molar refractivity (Wildman–Crippen MR) is 86.2 cm³/mol. The summed E-state index contributed by atoms with van der Waals surface area (Å²) in [7, 11) is 2.75. The zero-order chi connectivity index (χ0) is 16.4. The molecule has 0 aromatic heterocycles. The number of ether oxygens (including phenoxy) is 3. The van der Waals surface area contributed by atoms with Crippen molar-refractivity contribution in [1.29, 1.82) is 0 Å². The number of allylic oxidation sites excluding steroid dienone is 3. The number of para-hydroxylation sites is 1. The molecule has 0 saturated heterocycles. The van der Waals surface area contributed by atoms with Crippen LogP contribution in [0.4, 0.5) is 0 Å². The van der Waals surface area contributed by atoms with E-state index in [0.29, 0.717) is 17.1 Å². The summed E-state index contributed by atoms with van der Waals surface area (Å²) in [5.41, 5.74) is 0.654. The number of carbonyl (C=O) groups excluding carboxylic acids is 1. The van der Waals surface area contributed by atoms with Crippen molar-refractivity contribution in [2.45, 2.75) is 6.92 Å². The van der Waals surface area contributed by atoms with Gasteiger partial charge in [-0.05, 0) is 36.8 Å². The fourth-order valence-electron chi connectivity index (χ4n) is 1.63. The lowest BCUT2D eigenvalue weighted by Gasteiger charge is -2.09. The number of methoxy groups -OCH3 is 2. The molecule has 0 amide bonds. The largest absolute Gasteiger partial charge is 0.503 e. The van der Waals surface area contributed by atoms with Crippen molar-refractivity contribution < 1.29 is 19.0 Å². The Balaban J connectivity index is 3.03. The van der Waals surface area contributed by atoms with Gasteiger partial charge in [0, 0.05) is 0 Å². The first-order valence-corrected chi connectivity index (χ1v) is 6.70. The Morgan fingerprint density at radius 1 is 1.18 bits per heavy atom. The van der Waals surface area contributed by atoms with Crippen molar-refractivity contribution in [1.82, 2.24) is 0 Å². The summed E-state index contributed by atoms with van der Waals surface area (Å²) in [6.45, 7) is 5.74. The molecule has 0 N–H and O–H groups in total. The van der Waals surface area contributed by atoms with Crippen molar-refractivity contribution in [3.63, 3.8) is 0 Å². The highest BCUT2D eigenvalue weighted by molar-refractivity contribution is 5.93. The number of hydrogen-bond donors (Lipinski definition) is 0. The van der Waals surface area contributed by atoms with Gasteiger partial charge >= 0.3 is 5.97 Å². The standard InChI is InChI=1S/C18H20O4/c1-5-9-16(22-15-10-7-6-8-11-15)12-14(2)17(13-20-3)18(19)21-4/h5-13H,2H2,1,3-4H3/b9-5-,16-12+,17-13+. The Labute approximate surface area is 131 Å². The maximum Gasteiger partial charge on any atom is 0.341 e. The van der Waals surface area contributed by atoms with Crippen molar-refractivity contribution in [3.05, 3.63) is 78.3 Å². The molecule has 1 aromatic rings. The lowest BCUT2D eigenvalue weighted by Crippen LogP contribution is -2.07. The van der Waals surface area contributed by atoms with Crippen LogP contribution >= 0.6 is 0 Å². The Kier molecular flexibility index (Phi) is 7.26. The fraction of sp³-hybridized carbons (Fsp3) is 0.167. The first-order chi connectivity index (χ1) is 10.6. The molecule has 0 radical (unpaired) electrons. The molecule has 0 aliphatic carbocycles. The number of carbonyl (C=O) groups is 1. The van der Waals surface area contributed by atoms with Gasteiger partial charge in [-0.25, -0.2) is 4.79 Å². The number of rotatable bonds is 7. The molecule has 0 saturated carbocycles. The molecule has 0 bridgehead atoms. The van der Waals surface area contributed by atoms with E-state index in [0.717, 1.165) is 0 Å². The van der Waals surface area contributed by atoms with Gasteiger partial charge in [0.15, 0.2) is 0 Å². The molecule has 0 spiro atoms. The second-order valence-electron chi connectivity index (χ2n) is 4.25. The van der Waals surface area contributed by atoms with Crippen LogP contribution in [0.25, 0.3) is 0 Å². The molecule has 0 fully saturated rings. The average Bonchev–Trinajstić information content (AvgIpc) is 2.53. The van der Waals surface area contributed by atoms with Gasteiger partial charge in [0.05, 0.1) is 20.5 Å². The molecule has 1 aromatic carbocycles. The van der Waals surface area contributed by atoms with Gasteiger partial charge < -0.3 is 14.2 Å². The lowest BCUT2D eigenvalue weighted by molar-refractivity contribution is -0.135. The minimum Gasteiger partial charge on any atom is -0.503 e. The summed E-state index contributed by atoms with van der Waals surface area (Å²) in [5, 5.41) is 0. The topological polar surface area (TPSA) is 44.8 Å². The van der Waals surface area contributed by atoms with Crippen LogP contribution < -0.4 is 4.74 Å². The molecular formula is C18H20O4. The monoisotopic (exact) mass is 300 g/mol. The highest BCUT2D eigenvalue weighted by Crippen LogP contribution is 2.18. The molecule has 4 heteroatoms. The van der Waals surface area contributed by atoms with Crippen molar-refractivity contribution in [3.8, 4) is 5.75 Å². The summed E-state index contributed by atoms with van der Waals surface area (Å²) in [6, 6.07) is 9.34. The molecule has 116 valence electrons. The van der Waals surface area contributed by atoms with Crippen LogP contribution in [0, 0.1) is 0 Å². The first-order valence-electron chi connectivity index (χ1n) is 6.70. The van der Waals surface area contributed by atoms with Crippen LogP contribution in [0.1, 0.15) is 6.92 Å². The van der Waals surface area contributed by atoms with Crippen LogP contribution in [0.3, 0.4) is 0 Å². The van der Waals surface area contributed by atoms with Gasteiger partial charge in [0.25, 0.3) is 0 Å². The molecule has 0 heterocycles. The molecule has 0 unspecified atom stereocenters. The number of hydrogen-bond acceptors (Lipinski definition) is 4. The zero-order valence-corrected chi connectivity index (χ0v) is 13.0. The Morgan fingerprint density at radius 2 is 1.86 bits per heavy atom. The Hall–Kier alpha value is -2.75. The summed E-state index contributed by atoms with van der Waals surface area (Å²) in [4.78, 5) is 11.7. The maximum atomic E-state index is 11.7. The van der Waals surface area contributed by atoms with E-state index >= 15 is 0 Å². The average molecular weight is 300 g/mol. The van der Waals surface area contributed by atoms with Gasteiger partial charge in [-0.2, -0.15) is 0 Å². The van der Waals surface area contributed by atoms with Gasteiger partial charge in [-0.15, -0.1) is 0 Å². The second kappa shape index (κ2) is 9.23. The van der Waals surface area contributed by atoms with Gasteiger partial charge in [0.1, 0.15) is 17.1 Å². The minimum absolute atomic E-state index is 0.226. The highest BCUT2D eigenvalue weighted by Gasteiger charge is 2.13. The van der Waals surface area contributed by atoms with Gasteiger partial charge in [-0.3, -0.25) is 0 Å². The third-order valence-electron chi connectivity index (χ3n) is 2.61. The number of benzene rings is 1. The van der Waals surface area contributed by atoms with Crippen molar-refractivity contribution in [2.24, 2.45) is 0 Å². The van der Waals surface area contributed by atoms with E-state index in [1.165, 1.54) is 20.5 Å². The molecule has 4 nitrogen and oxygen atoms in total. The van der Waals surface area contributed by atoms with Crippen LogP contribution in [-0.2, 0) is 14.3 Å². The Bertz CT molecular complexity index is 595. The van der Waals surface area contributed by atoms with E-state index < -0.39 is 5.97 Å².